The highest BCUT2D eigenvalue weighted by Gasteiger charge is 2.24. The van der Waals surface area contributed by atoms with Gasteiger partial charge in [-0.3, -0.25) is 0 Å². The SMILES string of the molecule is CCOCCN(C)C(=O)NC1CC1. The van der Waals surface area contributed by atoms with Crippen LogP contribution in [0.25, 0.3) is 0 Å². The molecule has 0 atom stereocenters. The van der Waals surface area contributed by atoms with Crippen LogP contribution in [-0.4, -0.2) is 43.8 Å². The van der Waals surface area contributed by atoms with Gasteiger partial charge in [-0.2, -0.15) is 0 Å². The van der Waals surface area contributed by atoms with Gasteiger partial charge in [0.05, 0.1) is 6.61 Å². The average Bonchev–Trinajstić information content (AvgIpc) is 2.88. The largest absolute Gasteiger partial charge is 0.380 e. The molecule has 1 N–H and O–H groups in total. The number of amides is 2. The number of ether oxygens (including phenoxy) is 1. The van der Waals surface area contributed by atoms with Crippen LogP contribution in [0.4, 0.5) is 4.79 Å². The predicted octanol–water partition coefficient (Wildman–Crippen LogP) is 0.827. The minimum atomic E-state index is 0.0159. The molecule has 1 rings (SSSR count). The lowest BCUT2D eigenvalue weighted by Gasteiger charge is -2.17. The molecule has 0 aliphatic heterocycles. The Hall–Kier alpha value is -0.770. The highest BCUT2D eigenvalue weighted by Crippen LogP contribution is 2.18. The van der Waals surface area contributed by atoms with Crippen molar-refractivity contribution in [3.8, 4) is 0 Å². The summed E-state index contributed by atoms with van der Waals surface area (Å²) in [7, 11) is 1.79. The molecule has 1 fully saturated rings. The van der Waals surface area contributed by atoms with E-state index in [1.54, 1.807) is 11.9 Å². The van der Waals surface area contributed by atoms with Crippen molar-refractivity contribution in [1.29, 1.82) is 0 Å². The van der Waals surface area contributed by atoms with E-state index >= 15 is 0 Å². The van der Waals surface area contributed by atoms with Gasteiger partial charge in [0.2, 0.25) is 0 Å². The minimum Gasteiger partial charge on any atom is -0.380 e. The van der Waals surface area contributed by atoms with Gasteiger partial charge in [0, 0.05) is 26.2 Å². The first kappa shape index (κ1) is 10.3. The van der Waals surface area contributed by atoms with Crippen molar-refractivity contribution < 1.29 is 9.53 Å². The summed E-state index contributed by atoms with van der Waals surface area (Å²) in [6.07, 6.45) is 2.26. The second-order valence-electron chi connectivity index (χ2n) is 3.34. The molecule has 0 saturated heterocycles. The Balaban J connectivity index is 2.05. The molecule has 0 aromatic rings. The molecular formula is C9H18N2O2. The van der Waals surface area contributed by atoms with Gasteiger partial charge < -0.3 is 15.0 Å². The third-order valence-electron chi connectivity index (χ3n) is 2.03. The molecule has 13 heavy (non-hydrogen) atoms. The van der Waals surface area contributed by atoms with E-state index in [0.29, 0.717) is 25.8 Å². The Morgan fingerprint density at radius 1 is 1.62 bits per heavy atom. The van der Waals surface area contributed by atoms with Gasteiger partial charge >= 0.3 is 6.03 Å². The van der Waals surface area contributed by atoms with Crippen LogP contribution in [0.3, 0.4) is 0 Å². The van der Waals surface area contributed by atoms with Crippen molar-refractivity contribution in [3.63, 3.8) is 0 Å². The van der Waals surface area contributed by atoms with E-state index in [1.165, 1.54) is 0 Å². The van der Waals surface area contributed by atoms with E-state index in [1.807, 2.05) is 6.92 Å². The molecule has 2 amide bonds. The quantitative estimate of drug-likeness (QED) is 0.646. The predicted molar refractivity (Wildman–Crippen MR) is 50.7 cm³/mol. The molecule has 1 aliphatic rings. The monoisotopic (exact) mass is 186 g/mol. The lowest BCUT2D eigenvalue weighted by Crippen LogP contribution is -2.40. The minimum absolute atomic E-state index is 0.0159. The van der Waals surface area contributed by atoms with Gasteiger partial charge in [0.15, 0.2) is 0 Å². The first-order valence-corrected chi connectivity index (χ1v) is 4.83. The van der Waals surface area contributed by atoms with Crippen LogP contribution >= 0.6 is 0 Å². The van der Waals surface area contributed by atoms with Gasteiger partial charge in [-0.25, -0.2) is 4.79 Å². The Kier molecular flexibility index (Phi) is 4.02. The van der Waals surface area contributed by atoms with Gasteiger partial charge in [-0.15, -0.1) is 0 Å². The normalized spacial score (nSPS) is 15.5. The van der Waals surface area contributed by atoms with Crippen molar-refractivity contribution in [3.05, 3.63) is 0 Å². The second kappa shape index (κ2) is 5.07. The summed E-state index contributed by atoms with van der Waals surface area (Å²) in [6.45, 7) is 3.93. The summed E-state index contributed by atoms with van der Waals surface area (Å²) in [4.78, 5) is 13.0. The zero-order chi connectivity index (χ0) is 9.68. The lowest BCUT2D eigenvalue weighted by atomic mass is 10.6. The summed E-state index contributed by atoms with van der Waals surface area (Å²) >= 11 is 0. The molecule has 0 radical (unpaired) electrons. The van der Waals surface area contributed by atoms with Gasteiger partial charge in [-0.1, -0.05) is 0 Å². The fraction of sp³-hybridized carbons (Fsp3) is 0.889. The number of nitrogens with one attached hydrogen (secondary N) is 1. The maximum absolute atomic E-state index is 11.3. The van der Waals surface area contributed by atoms with Crippen LogP contribution in [0, 0.1) is 0 Å². The Morgan fingerprint density at radius 2 is 2.31 bits per heavy atom. The third-order valence-corrected chi connectivity index (χ3v) is 2.03. The Labute approximate surface area is 79.2 Å². The van der Waals surface area contributed by atoms with Crippen LogP contribution in [0.2, 0.25) is 0 Å². The maximum atomic E-state index is 11.3. The van der Waals surface area contributed by atoms with E-state index in [2.05, 4.69) is 5.32 Å². The van der Waals surface area contributed by atoms with Gasteiger partial charge in [-0.05, 0) is 19.8 Å². The fourth-order valence-electron chi connectivity index (χ4n) is 0.960. The van der Waals surface area contributed by atoms with E-state index in [-0.39, 0.29) is 6.03 Å². The molecule has 0 aromatic heterocycles. The highest BCUT2D eigenvalue weighted by atomic mass is 16.5. The number of rotatable bonds is 5. The zero-order valence-electron chi connectivity index (χ0n) is 8.38. The van der Waals surface area contributed by atoms with Crippen LogP contribution in [0.5, 0.6) is 0 Å². The number of likely N-dealkylation sites (N-methyl/N-ethyl adjacent to an activating group) is 1. The average molecular weight is 186 g/mol. The van der Waals surface area contributed by atoms with Crippen molar-refractivity contribution in [2.24, 2.45) is 0 Å². The van der Waals surface area contributed by atoms with Crippen molar-refractivity contribution in [2.45, 2.75) is 25.8 Å². The molecule has 4 heteroatoms. The van der Waals surface area contributed by atoms with Gasteiger partial charge in [0.25, 0.3) is 0 Å². The number of hydrogen-bond acceptors (Lipinski definition) is 2. The van der Waals surface area contributed by atoms with Crippen LogP contribution in [-0.2, 0) is 4.74 Å². The molecule has 0 unspecified atom stereocenters. The molecule has 0 bridgehead atoms. The summed E-state index contributed by atoms with van der Waals surface area (Å²) < 4.78 is 5.15. The molecule has 0 aromatic carbocycles. The van der Waals surface area contributed by atoms with Crippen LogP contribution in [0.1, 0.15) is 19.8 Å². The third kappa shape index (κ3) is 4.12. The second-order valence-corrected chi connectivity index (χ2v) is 3.34. The maximum Gasteiger partial charge on any atom is 0.317 e. The van der Waals surface area contributed by atoms with Crippen molar-refractivity contribution >= 4 is 6.03 Å². The molecule has 0 heterocycles. The molecule has 76 valence electrons. The van der Waals surface area contributed by atoms with Crippen molar-refractivity contribution in [1.82, 2.24) is 10.2 Å². The molecule has 0 spiro atoms. The Morgan fingerprint density at radius 3 is 2.85 bits per heavy atom. The summed E-state index contributed by atoms with van der Waals surface area (Å²) in [5.74, 6) is 0. The number of hydrogen-bond donors (Lipinski definition) is 1. The fourth-order valence-corrected chi connectivity index (χ4v) is 0.960. The number of nitrogens with zero attached hydrogens (tertiary/aromatic N) is 1. The molecule has 4 nitrogen and oxygen atoms in total. The van der Waals surface area contributed by atoms with E-state index in [9.17, 15) is 4.79 Å². The standard InChI is InChI=1S/C9H18N2O2/c1-3-13-7-6-11(2)9(12)10-8-4-5-8/h8H,3-7H2,1-2H3,(H,10,12). The van der Waals surface area contributed by atoms with Crippen LogP contribution in [0.15, 0.2) is 0 Å². The highest BCUT2D eigenvalue weighted by molar-refractivity contribution is 5.74. The molecule has 1 saturated carbocycles. The Bertz CT molecular complexity index is 169. The summed E-state index contributed by atoms with van der Waals surface area (Å²) in [5, 5.41) is 2.91. The van der Waals surface area contributed by atoms with Crippen molar-refractivity contribution in [2.75, 3.05) is 26.8 Å². The zero-order valence-corrected chi connectivity index (χ0v) is 8.38. The van der Waals surface area contributed by atoms with Gasteiger partial charge in [0.1, 0.15) is 0 Å². The summed E-state index contributed by atoms with van der Waals surface area (Å²) in [6, 6.07) is 0.448. The van der Waals surface area contributed by atoms with Crippen LogP contribution < -0.4 is 5.32 Å². The van der Waals surface area contributed by atoms with E-state index in [4.69, 9.17) is 4.74 Å². The first-order valence-electron chi connectivity index (χ1n) is 4.83. The molecule has 1 aliphatic carbocycles. The number of urea groups is 1. The smallest absolute Gasteiger partial charge is 0.317 e. The van der Waals surface area contributed by atoms with E-state index < -0.39 is 0 Å². The molecular weight excluding hydrogens is 168 g/mol. The lowest BCUT2D eigenvalue weighted by molar-refractivity contribution is 0.126. The topological polar surface area (TPSA) is 41.6 Å². The summed E-state index contributed by atoms with van der Waals surface area (Å²) in [5.41, 5.74) is 0. The first-order chi connectivity index (χ1) is 6.24. The number of carbonyl (C=O) groups excluding carboxylic acids is 1. The number of carbonyl (C=O) groups is 1. The van der Waals surface area contributed by atoms with E-state index in [0.717, 1.165) is 12.8 Å².